The van der Waals surface area contributed by atoms with Crippen molar-refractivity contribution in [1.29, 1.82) is 0 Å². The van der Waals surface area contributed by atoms with Crippen molar-refractivity contribution in [2.75, 3.05) is 30.4 Å². The fourth-order valence-electron chi connectivity index (χ4n) is 4.85. The summed E-state index contributed by atoms with van der Waals surface area (Å²) in [4.78, 5) is 18.6. The minimum atomic E-state index is -4.51. The van der Waals surface area contributed by atoms with Crippen LogP contribution < -0.4 is 10.6 Å². The number of amides is 2. The van der Waals surface area contributed by atoms with Gasteiger partial charge in [-0.1, -0.05) is 0 Å². The predicted molar refractivity (Wildman–Crippen MR) is 121 cm³/mol. The second-order valence-electron chi connectivity index (χ2n) is 9.84. The van der Waals surface area contributed by atoms with Crippen LogP contribution in [0, 0.1) is 0 Å². The van der Waals surface area contributed by atoms with E-state index < -0.39 is 36.8 Å². The number of aromatic nitrogens is 5. The van der Waals surface area contributed by atoms with Gasteiger partial charge in [0.25, 0.3) is 5.92 Å². The van der Waals surface area contributed by atoms with Crippen LogP contribution in [0.25, 0.3) is 22.3 Å². The summed E-state index contributed by atoms with van der Waals surface area (Å²) in [5.74, 6) is -2.71. The Morgan fingerprint density at radius 1 is 1.19 bits per heavy atom. The van der Waals surface area contributed by atoms with Gasteiger partial charge in [-0.2, -0.15) is 23.4 Å². The Hall–Kier alpha value is -3.49. The lowest BCUT2D eigenvalue weighted by molar-refractivity contribution is -0.141. The molecule has 1 saturated carbocycles. The zero-order valence-electron chi connectivity index (χ0n) is 19.4. The molecule has 2 aliphatic heterocycles. The summed E-state index contributed by atoms with van der Waals surface area (Å²) in [5.41, 5.74) is 0.224. The third-order valence-corrected chi connectivity index (χ3v) is 7.07. The van der Waals surface area contributed by atoms with Crippen molar-refractivity contribution in [3.63, 3.8) is 0 Å². The third-order valence-electron chi connectivity index (χ3n) is 7.07. The first-order chi connectivity index (χ1) is 17.5. The smallest absolute Gasteiger partial charge is 0.377 e. The molecule has 1 aliphatic carbocycles. The highest BCUT2D eigenvalue weighted by Crippen LogP contribution is 2.51. The molecular formula is C22H23F5N8O2. The first kappa shape index (κ1) is 23.9. The fourth-order valence-corrected chi connectivity index (χ4v) is 4.85. The largest absolute Gasteiger partial charge is 0.408 e. The van der Waals surface area contributed by atoms with Gasteiger partial charge in [0, 0.05) is 18.2 Å². The molecule has 3 aromatic heterocycles. The lowest BCUT2D eigenvalue weighted by atomic mass is 9.97. The summed E-state index contributed by atoms with van der Waals surface area (Å²) >= 11 is 0. The Morgan fingerprint density at radius 2 is 1.95 bits per heavy atom. The van der Waals surface area contributed by atoms with Crippen molar-refractivity contribution >= 4 is 28.4 Å². The van der Waals surface area contributed by atoms with E-state index in [0.29, 0.717) is 31.4 Å². The van der Waals surface area contributed by atoms with Gasteiger partial charge in [-0.05, 0) is 25.3 Å². The number of halogens is 5. The number of rotatable bonds is 5. The molecule has 2 amide bonds. The molecule has 1 spiro atoms. The van der Waals surface area contributed by atoms with Gasteiger partial charge in [0.05, 0.1) is 54.3 Å². The second kappa shape index (κ2) is 8.26. The van der Waals surface area contributed by atoms with Crippen molar-refractivity contribution in [2.45, 2.75) is 55.9 Å². The maximum atomic E-state index is 14.1. The van der Waals surface area contributed by atoms with Gasteiger partial charge < -0.3 is 20.3 Å². The first-order valence-electron chi connectivity index (χ1n) is 11.8. The van der Waals surface area contributed by atoms with Crippen LogP contribution in [0.1, 0.15) is 25.7 Å². The first-order valence-corrected chi connectivity index (χ1v) is 11.8. The van der Waals surface area contributed by atoms with Crippen LogP contribution in [0.4, 0.5) is 38.3 Å². The van der Waals surface area contributed by atoms with Gasteiger partial charge in [-0.3, -0.25) is 14.8 Å². The van der Waals surface area contributed by atoms with Crippen molar-refractivity contribution < 1.29 is 31.5 Å². The Balaban J connectivity index is 1.30. The predicted octanol–water partition coefficient (Wildman–Crippen LogP) is 3.99. The topological polar surface area (TPSA) is 113 Å². The number of hydrogen-bond acceptors (Lipinski definition) is 6. The standard InChI is InChI=1S/C22H23F5N8O2/c23-21(24)4-3-20(1-2-20)34(10-21)19(36)31-15-7-29-32-17(15)14-5-16-13(6-28-14)18(30-12-8-37-9-12)33-35(16)11-22(25,26)27/h5-7,12H,1-4,8-11H2,(H,29,32)(H,30,33)(H,31,36). The van der Waals surface area contributed by atoms with E-state index in [-0.39, 0.29) is 47.3 Å². The van der Waals surface area contributed by atoms with Crippen LogP contribution in [0.15, 0.2) is 18.5 Å². The average molecular weight is 526 g/mol. The number of hydrogen-bond donors (Lipinski definition) is 3. The van der Waals surface area contributed by atoms with Crippen LogP contribution in [0.5, 0.6) is 0 Å². The number of anilines is 2. The number of H-pyrrole nitrogens is 1. The molecule has 0 bridgehead atoms. The zero-order valence-corrected chi connectivity index (χ0v) is 19.4. The second-order valence-corrected chi connectivity index (χ2v) is 9.84. The number of aromatic amines is 1. The zero-order chi connectivity index (χ0) is 26.0. The molecular weight excluding hydrogens is 503 g/mol. The van der Waals surface area contributed by atoms with Crippen molar-refractivity contribution in [2.24, 2.45) is 0 Å². The van der Waals surface area contributed by atoms with Crippen LogP contribution in [0.3, 0.4) is 0 Å². The Kier molecular flexibility index (Phi) is 5.33. The van der Waals surface area contributed by atoms with Crippen molar-refractivity contribution in [3.8, 4) is 11.4 Å². The van der Waals surface area contributed by atoms with Gasteiger partial charge in [0.1, 0.15) is 12.2 Å². The summed E-state index contributed by atoms with van der Waals surface area (Å²) < 4.78 is 73.9. The number of carbonyl (C=O) groups is 1. The SMILES string of the molecule is O=C(Nc1cn[nH]c1-c1cc2c(cn1)c(NC1COC1)nn2CC(F)(F)F)N1CC(F)(F)CCC12CC2. The number of carbonyl (C=O) groups excluding carboxylic acids is 1. The van der Waals surface area contributed by atoms with E-state index in [4.69, 9.17) is 4.74 Å². The molecule has 0 aromatic carbocycles. The quantitative estimate of drug-likeness (QED) is 0.434. The van der Waals surface area contributed by atoms with E-state index in [9.17, 15) is 26.7 Å². The lowest BCUT2D eigenvalue weighted by Crippen LogP contribution is -2.54. The average Bonchev–Trinajstić information content (AvgIpc) is 3.30. The number of pyridine rings is 1. The lowest BCUT2D eigenvalue weighted by Gasteiger charge is -2.40. The highest BCUT2D eigenvalue weighted by Gasteiger charge is 2.57. The summed E-state index contributed by atoms with van der Waals surface area (Å²) in [7, 11) is 0. The highest BCUT2D eigenvalue weighted by molar-refractivity contribution is 5.96. The van der Waals surface area contributed by atoms with Gasteiger partial charge >= 0.3 is 12.2 Å². The Morgan fingerprint density at radius 3 is 2.62 bits per heavy atom. The molecule has 2 saturated heterocycles. The molecule has 198 valence electrons. The van der Waals surface area contributed by atoms with Crippen LogP contribution in [-0.4, -0.2) is 79.3 Å². The molecule has 3 fully saturated rings. The van der Waals surface area contributed by atoms with Crippen LogP contribution in [-0.2, 0) is 11.3 Å². The summed E-state index contributed by atoms with van der Waals surface area (Å²) in [5, 5.41) is 16.8. The summed E-state index contributed by atoms with van der Waals surface area (Å²) in [6.45, 7) is -1.15. The van der Waals surface area contributed by atoms with Crippen molar-refractivity contribution in [3.05, 3.63) is 18.5 Å². The minimum absolute atomic E-state index is 0.0662. The number of nitrogens with one attached hydrogen (secondary N) is 3. The molecule has 3 aliphatic rings. The third kappa shape index (κ3) is 4.55. The number of alkyl halides is 5. The Labute approximate surface area is 206 Å². The number of likely N-dealkylation sites (tertiary alicyclic amines) is 1. The summed E-state index contributed by atoms with van der Waals surface area (Å²) in [6.07, 6.45) is -0.508. The Bertz CT molecular complexity index is 1340. The van der Waals surface area contributed by atoms with E-state index in [1.165, 1.54) is 23.4 Å². The molecule has 37 heavy (non-hydrogen) atoms. The van der Waals surface area contributed by atoms with Gasteiger partial charge in [-0.15, -0.1) is 0 Å². The van der Waals surface area contributed by atoms with Gasteiger partial charge in [-0.25, -0.2) is 13.6 Å². The number of piperidine rings is 1. The van der Waals surface area contributed by atoms with E-state index in [1.54, 1.807) is 0 Å². The molecule has 0 atom stereocenters. The van der Waals surface area contributed by atoms with Crippen LogP contribution >= 0.6 is 0 Å². The molecule has 10 nitrogen and oxygen atoms in total. The molecule has 3 N–H and O–H groups in total. The number of nitrogens with zero attached hydrogens (tertiary/aromatic N) is 5. The molecule has 3 aromatic rings. The minimum Gasteiger partial charge on any atom is -0.377 e. The monoisotopic (exact) mass is 526 g/mol. The van der Waals surface area contributed by atoms with E-state index in [2.05, 4.69) is 30.9 Å². The maximum Gasteiger partial charge on any atom is 0.408 e. The normalized spacial score (nSPS) is 20.7. The van der Waals surface area contributed by atoms with E-state index >= 15 is 0 Å². The van der Waals surface area contributed by atoms with Gasteiger partial charge in [0.2, 0.25) is 0 Å². The molecule has 6 rings (SSSR count). The molecule has 0 unspecified atom stereocenters. The fraction of sp³-hybridized carbons (Fsp3) is 0.545. The molecule has 15 heteroatoms. The molecule has 5 heterocycles. The van der Waals surface area contributed by atoms with Crippen molar-refractivity contribution in [1.82, 2.24) is 29.9 Å². The highest BCUT2D eigenvalue weighted by atomic mass is 19.4. The molecule has 0 radical (unpaired) electrons. The van der Waals surface area contributed by atoms with Crippen LogP contribution in [0.2, 0.25) is 0 Å². The van der Waals surface area contributed by atoms with E-state index in [0.717, 1.165) is 4.68 Å². The number of ether oxygens (including phenoxy) is 1. The summed E-state index contributed by atoms with van der Waals surface area (Å²) in [6, 6.07) is 0.664. The number of urea groups is 1. The number of fused-ring (bicyclic) bond motifs is 1. The maximum absolute atomic E-state index is 14.1. The van der Waals surface area contributed by atoms with E-state index in [1.807, 2.05) is 0 Å². The van der Waals surface area contributed by atoms with Gasteiger partial charge in [0.15, 0.2) is 5.82 Å².